The number of ketones is 1. The van der Waals surface area contributed by atoms with Gasteiger partial charge in [0, 0.05) is 16.8 Å². The van der Waals surface area contributed by atoms with E-state index in [9.17, 15) is 14.7 Å². The zero-order valence-corrected chi connectivity index (χ0v) is 10.9. The lowest BCUT2D eigenvalue weighted by Crippen LogP contribution is -2.12. The van der Waals surface area contributed by atoms with Crippen LogP contribution < -0.4 is 11.1 Å². The van der Waals surface area contributed by atoms with Crippen LogP contribution in [0, 0.1) is 0 Å². The molecular weight excluding hydrogens is 256 g/mol. The fourth-order valence-electron chi connectivity index (χ4n) is 1.68. The first-order valence-corrected chi connectivity index (χ1v) is 5.98. The van der Waals surface area contributed by atoms with Gasteiger partial charge in [-0.25, -0.2) is 0 Å². The van der Waals surface area contributed by atoms with Crippen molar-refractivity contribution in [3.05, 3.63) is 53.6 Å². The van der Waals surface area contributed by atoms with E-state index in [0.29, 0.717) is 16.8 Å². The Bertz CT molecular complexity index is 663. The molecule has 20 heavy (non-hydrogen) atoms. The molecule has 1 amide bonds. The van der Waals surface area contributed by atoms with Crippen molar-refractivity contribution in [3.63, 3.8) is 0 Å². The average Bonchev–Trinajstić information content (AvgIpc) is 2.42. The highest BCUT2D eigenvalue weighted by atomic mass is 16.3. The fraction of sp³-hybridized carbons (Fsp3) is 0.0667. The second-order valence-corrected chi connectivity index (χ2v) is 4.36. The third kappa shape index (κ3) is 2.95. The van der Waals surface area contributed by atoms with Gasteiger partial charge in [0.1, 0.15) is 5.75 Å². The molecule has 5 nitrogen and oxygen atoms in total. The monoisotopic (exact) mass is 270 g/mol. The number of Topliss-reactive ketones (excluding diaryl/α,β-unsaturated/α-hetero) is 1. The van der Waals surface area contributed by atoms with Crippen molar-refractivity contribution >= 4 is 23.1 Å². The maximum atomic E-state index is 12.0. The van der Waals surface area contributed by atoms with Gasteiger partial charge in [-0.05, 0) is 49.4 Å². The summed E-state index contributed by atoms with van der Waals surface area (Å²) in [6.45, 7) is 1.48. The van der Waals surface area contributed by atoms with Crippen molar-refractivity contribution in [2.75, 3.05) is 11.1 Å². The van der Waals surface area contributed by atoms with Crippen molar-refractivity contribution in [2.24, 2.45) is 0 Å². The van der Waals surface area contributed by atoms with Gasteiger partial charge in [-0.15, -0.1) is 0 Å². The molecule has 102 valence electrons. The Morgan fingerprint density at radius 1 is 1.05 bits per heavy atom. The molecule has 0 fully saturated rings. The van der Waals surface area contributed by atoms with Gasteiger partial charge in [0.2, 0.25) is 0 Å². The minimum Gasteiger partial charge on any atom is -0.506 e. The summed E-state index contributed by atoms with van der Waals surface area (Å²) in [5.74, 6) is -0.535. The van der Waals surface area contributed by atoms with Crippen LogP contribution in [0.2, 0.25) is 0 Å². The molecule has 0 aliphatic rings. The van der Waals surface area contributed by atoms with Gasteiger partial charge in [-0.1, -0.05) is 0 Å². The minimum atomic E-state index is -0.365. The van der Waals surface area contributed by atoms with Crippen molar-refractivity contribution in [1.29, 1.82) is 0 Å². The van der Waals surface area contributed by atoms with E-state index in [2.05, 4.69) is 5.32 Å². The van der Waals surface area contributed by atoms with Crippen LogP contribution in [0.1, 0.15) is 27.6 Å². The van der Waals surface area contributed by atoms with E-state index in [1.165, 1.54) is 25.1 Å². The van der Waals surface area contributed by atoms with Gasteiger partial charge in [-0.3, -0.25) is 9.59 Å². The number of hydrogen-bond acceptors (Lipinski definition) is 4. The molecule has 0 radical (unpaired) electrons. The number of hydrogen-bond donors (Lipinski definition) is 3. The molecule has 2 rings (SSSR count). The van der Waals surface area contributed by atoms with Crippen LogP contribution in [0.5, 0.6) is 5.75 Å². The molecule has 0 saturated carbocycles. The Morgan fingerprint density at radius 2 is 1.65 bits per heavy atom. The highest BCUT2D eigenvalue weighted by Gasteiger charge is 2.08. The SMILES string of the molecule is CC(=O)c1ccc(NC(=O)c2ccc(N)c(O)c2)cc1. The van der Waals surface area contributed by atoms with E-state index < -0.39 is 0 Å². The van der Waals surface area contributed by atoms with Gasteiger partial charge >= 0.3 is 0 Å². The Kier molecular flexibility index (Phi) is 3.70. The Balaban J connectivity index is 2.14. The zero-order chi connectivity index (χ0) is 14.7. The quantitative estimate of drug-likeness (QED) is 0.453. The largest absolute Gasteiger partial charge is 0.506 e. The molecule has 0 saturated heterocycles. The summed E-state index contributed by atoms with van der Waals surface area (Å²) in [5, 5.41) is 12.1. The normalized spacial score (nSPS) is 10.1. The van der Waals surface area contributed by atoms with Gasteiger partial charge < -0.3 is 16.2 Å². The number of carbonyl (C=O) groups is 2. The van der Waals surface area contributed by atoms with Gasteiger partial charge in [-0.2, -0.15) is 0 Å². The van der Waals surface area contributed by atoms with Crippen molar-refractivity contribution in [3.8, 4) is 5.75 Å². The number of nitrogen functional groups attached to an aromatic ring is 1. The van der Waals surface area contributed by atoms with Gasteiger partial charge in [0.15, 0.2) is 5.78 Å². The van der Waals surface area contributed by atoms with Crippen LogP contribution >= 0.6 is 0 Å². The Hall–Kier alpha value is -2.82. The van der Waals surface area contributed by atoms with Crippen LogP contribution in [0.15, 0.2) is 42.5 Å². The van der Waals surface area contributed by atoms with Crippen LogP contribution in [-0.2, 0) is 0 Å². The first kappa shape index (κ1) is 13.6. The third-order valence-electron chi connectivity index (χ3n) is 2.84. The molecule has 2 aromatic rings. The summed E-state index contributed by atoms with van der Waals surface area (Å²) in [6.07, 6.45) is 0. The van der Waals surface area contributed by atoms with Gasteiger partial charge in [0.05, 0.1) is 5.69 Å². The number of anilines is 2. The summed E-state index contributed by atoms with van der Waals surface area (Å²) >= 11 is 0. The molecule has 0 heterocycles. The molecule has 0 unspecified atom stereocenters. The van der Waals surface area contributed by atoms with Crippen molar-refractivity contribution < 1.29 is 14.7 Å². The molecule has 0 aromatic heterocycles. The highest BCUT2D eigenvalue weighted by Crippen LogP contribution is 2.21. The summed E-state index contributed by atoms with van der Waals surface area (Å²) < 4.78 is 0. The van der Waals surface area contributed by atoms with Crippen molar-refractivity contribution in [2.45, 2.75) is 6.92 Å². The van der Waals surface area contributed by atoms with E-state index in [1.807, 2.05) is 0 Å². The summed E-state index contributed by atoms with van der Waals surface area (Å²) in [4.78, 5) is 23.1. The first-order valence-electron chi connectivity index (χ1n) is 5.98. The highest BCUT2D eigenvalue weighted by molar-refractivity contribution is 6.05. The topological polar surface area (TPSA) is 92.4 Å². The predicted molar refractivity (Wildman–Crippen MR) is 76.9 cm³/mol. The van der Waals surface area contributed by atoms with E-state index in [0.717, 1.165) is 0 Å². The summed E-state index contributed by atoms with van der Waals surface area (Å²) in [5.41, 5.74) is 7.13. The molecule has 0 bridgehead atoms. The Labute approximate surface area is 116 Å². The van der Waals surface area contributed by atoms with Crippen LogP contribution in [-0.4, -0.2) is 16.8 Å². The maximum Gasteiger partial charge on any atom is 0.255 e. The minimum absolute atomic E-state index is 0.0358. The van der Waals surface area contributed by atoms with Crippen LogP contribution in [0.3, 0.4) is 0 Å². The zero-order valence-electron chi connectivity index (χ0n) is 10.9. The molecule has 5 heteroatoms. The number of aromatic hydroxyl groups is 1. The molecule has 0 aliphatic carbocycles. The number of phenolic OH excluding ortho intramolecular Hbond substituents is 1. The number of phenols is 1. The number of rotatable bonds is 3. The standard InChI is InChI=1S/C15H14N2O3/c1-9(18)10-2-5-12(6-3-10)17-15(20)11-4-7-13(16)14(19)8-11/h2-8,19H,16H2,1H3,(H,17,20). The van der Waals surface area contributed by atoms with E-state index in [1.54, 1.807) is 24.3 Å². The van der Waals surface area contributed by atoms with E-state index >= 15 is 0 Å². The molecule has 0 atom stereocenters. The van der Waals surface area contributed by atoms with Gasteiger partial charge in [0.25, 0.3) is 5.91 Å². The van der Waals surface area contributed by atoms with E-state index in [-0.39, 0.29) is 23.1 Å². The summed E-state index contributed by atoms with van der Waals surface area (Å²) in [6, 6.07) is 10.8. The molecule has 0 aliphatic heterocycles. The number of benzene rings is 2. The smallest absolute Gasteiger partial charge is 0.255 e. The lowest BCUT2D eigenvalue weighted by molar-refractivity contribution is 0.101. The summed E-state index contributed by atoms with van der Waals surface area (Å²) in [7, 11) is 0. The van der Waals surface area contributed by atoms with E-state index in [4.69, 9.17) is 5.73 Å². The average molecular weight is 270 g/mol. The van der Waals surface area contributed by atoms with Crippen molar-refractivity contribution in [1.82, 2.24) is 0 Å². The fourth-order valence-corrected chi connectivity index (χ4v) is 1.68. The molecular formula is C15H14N2O3. The second kappa shape index (κ2) is 5.44. The molecule has 0 spiro atoms. The van der Waals surface area contributed by atoms with Crippen LogP contribution in [0.4, 0.5) is 11.4 Å². The molecule has 4 N–H and O–H groups in total. The Morgan fingerprint density at radius 3 is 2.20 bits per heavy atom. The third-order valence-corrected chi connectivity index (χ3v) is 2.84. The van der Waals surface area contributed by atoms with Crippen LogP contribution in [0.25, 0.3) is 0 Å². The molecule has 2 aromatic carbocycles. The maximum absolute atomic E-state index is 12.0. The number of amides is 1. The number of nitrogens with one attached hydrogen (secondary N) is 1. The lowest BCUT2D eigenvalue weighted by atomic mass is 10.1. The first-order chi connectivity index (χ1) is 9.47. The lowest BCUT2D eigenvalue weighted by Gasteiger charge is -2.07. The second-order valence-electron chi connectivity index (χ2n) is 4.36. The predicted octanol–water partition coefficient (Wildman–Crippen LogP) is 2.43. The number of nitrogens with two attached hydrogens (primary N) is 1. The number of carbonyl (C=O) groups excluding carboxylic acids is 2.